The number of aryl methyl sites for hydroxylation is 1. The summed E-state index contributed by atoms with van der Waals surface area (Å²) < 4.78 is 84.3. The van der Waals surface area contributed by atoms with Crippen LogP contribution in [0.15, 0.2) is 95.9 Å². The van der Waals surface area contributed by atoms with Gasteiger partial charge in [0.1, 0.15) is 35.3 Å². The number of amides is 1. The first kappa shape index (κ1) is 36.0. The lowest BCUT2D eigenvalue weighted by molar-refractivity contribution is -0.157. The molecule has 7 nitrogen and oxygen atoms in total. The number of alkyl halides is 1. The van der Waals surface area contributed by atoms with Crippen LogP contribution in [-0.2, 0) is 48.5 Å². The van der Waals surface area contributed by atoms with Gasteiger partial charge < -0.3 is 14.4 Å². The van der Waals surface area contributed by atoms with E-state index < -0.39 is 55.7 Å². The van der Waals surface area contributed by atoms with E-state index in [1.54, 1.807) is 24.3 Å². The molecule has 3 aliphatic rings. The Morgan fingerprint density at radius 3 is 2.31 bits per heavy atom. The standard InChI is InChI=1S/C40H37ClF3NO6S/c41-34-7-4-8-35(43)32(34)25-50-30-12-15-33-28(23-30)9-16-36-40(33,52(48,49)31-13-10-29(42)11-14-31)21-22-45(36)38(47)39(44)19-17-27(18-20-39)37(46)51-24-26-5-2-1-3-6-26/h1-8,10-15,23,27,36H,9,16-22,24-25H2. The number of ether oxygens (including phenoxy) is 2. The molecule has 52 heavy (non-hydrogen) atoms. The van der Waals surface area contributed by atoms with Gasteiger partial charge in [-0.05, 0) is 110 Å². The number of hydrogen-bond donors (Lipinski definition) is 0. The number of benzene rings is 4. The molecule has 2 atom stereocenters. The molecule has 4 aromatic rings. The molecule has 12 heteroatoms. The van der Waals surface area contributed by atoms with Gasteiger partial charge in [0.25, 0.3) is 5.91 Å². The Morgan fingerprint density at radius 2 is 1.60 bits per heavy atom. The average Bonchev–Trinajstić information content (AvgIpc) is 3.56. The second-order valence-electron chi connectivity index (χ2n) is 13.8. The van der Waals surface area contributed by atoms with Gasteiger partial charge in [-0.3, -0.25) is 9.59 Å². The van der Waals surface area contributed by atoms with Crippen molar-refractivity contribution in [2.45, 2.75) is 79.5 Å². The van der Waals surface area contributed by atoms with Gasteiger partial charge in [-0.15, -0.1) is 0 Å². The van der Waals surface area contributed by atoms with E-state index in [-0.39, 0.29) is 73.8 Å². The van der Waals surface area contributed by atoms with Crippen LogP contribution in [0.5, 0.6) is 5.75 Å². The highest BCUT2D eigenvalue weighted by Crippen LogP contribution is 2.54. The number of rotatable bonds is 9. The van der Waals surface area contributed by atoms with Gasteiger partial charge in [0.15, 0.2) is 15.5 Å². The van der Waals surface area contributed by atoms with Crippen molar-refractivity contribution in [3.63, 3.8) is 0 Å². The number of esters is 1. The minimum Gasteiger partial charge on any atom is -0.489 e. The van der Waals surface area contributed by atoms with Crippen LogP contribution >= 0.6 is 11.6 Å². The summed E-state index contributed by atoms with van der Waals surface area (Å²) in [5.41, 5.74) is -0.145. The monoisotopic (exact) mass is 751 g/mol. The van der Waals surface area contributed by atoms with Crippen LogP contribution in [0.2, 0.25) is 5.02 Å². The average molecular weight is 752 g/mol. The highest BCUT2D eigenvalue weighted by atomic mass is 35.5. The van der Waals surface area contributed by atoms with E-state index in [1.165, 1.54) is 29.2 Å². The van der Waals surface area contributed by atoms with E-state index in [4.69, 9.17) is 21.1 Å². The highest BCUT2D eigenvalue weighted by Gasteiger charge is 2.62. The molecule has 0 bridgehead atoms. The molecular formula is C40H37ClF3NO6S. The Labute approximate surface area is 305 Å². The van der Waals surface area contributed by atoms with Crippen molar-refractivity contribution in [1.29, 1.82) is 0 Å². The lowest BCUT2D eigenvalue weighted by Gasteiger charge is -2.44. The quantitative estimate of drug-likeness (QED) is 0.127. The Balaban J connectivity index is 1.14. The van der Waals surface area contributed by atoms with E-state index in [2.05, 4.69) is 0 Å². The molecule has 2 fully saturated rings. The van der Waals surface area contributed by atoms with Crippen LogP contribution in [0.1, 0.15) is 60.8 Å². The fourth-order valence-corrected chi connectivity index (χ4v) is 10.7. The SMILES string of the molecule is O=C(OCc1ccccc1)C1CCC(F)(C(=O)N2CCC3(S(=O)(=O)c4ccc(F)cc4)c4ccc(OCc5c(F)cccc5Cl)cc4CCC23)CC1. The Morgan fingerprint density at radius 1 is 0.865 bits per heavy atom. The molecule has 0 spiro atoms. The molecule has 1 heterocycles. The zero-order valence-electron chi connectivity index (χ0n) is 28.2. The van der Waals surface area contributed by atoms with Crippen LogP contribution in [-0.4, -0.2) is 43.4 Å². The summed E-state index contributed by atoms with van der Waals surface area (Å²) in [6, 6.07) is 22.2. The third-order valence-electron chi connectivity index (χ3n) is 10.9. The number of carbonyl (C=O) groups is 2. The third-order valence-corrected chi connectivity index (χ3v) is 13.8. The molecule has 7 rings (SSSR count). The van der Waals surface area contributed by atoms with Crippen molar-refractivity contribution < 1.29 is 40.7 Å². The van der Waals surface area contributed by atoms with Crippen LogP contribution in [0.4, 0.5) is 13.2 Å². The first-order valence-corrected chi connectivity index (χ1v) is 19.2. The lowest BCUT2D eigenvalue weighted by atomic mass is 9.77. The molecule has 0 N–H and O–H groups in total. The van der Waals surface area contributed by atoms with Crippen LogP contribution in [0, 0.1) is 17.6 Å². The molecule has 272 valence electrons. The van der Waals surface area contributed by atoms with Crippen LogP contribution < -0.4 is 4.74 Å². The Hall–Kier alpha value is -4.35. The predicted molar refractivity (Wildman–Crippen MR) is 188 cm³/mol. The van der Waals surface area contributed by atoms with Gasteiger partial charge in [0.2, 0.25) is 0 Å². The van der Waals surface area contributed by atoms with E-state index in [1.807, 2.05) is 30.3 Å². The van der Waals surface area contributed by atoms with E-state index in [0.717, 1.165) is 17.7 Å². The summed E-state index contributed by atoms with van der Waals surface area (Å²) in [6.45, 7) is -0.0645. The summed E-state index contributed by atoms with van der Waals surface area (Å²) in [6.07, 6.45) is 0.422. The number of halogens is 4. The minimum atomic E-state index is -4.29. The molecule has 2 aliphatic carbocycles. The molecule has 1 saturated carbocycles. The summed E-state index contributed by atoms with van der Waals surface area (Å²) in [5, 5.41) is 0.211. The van der Waals surface area contributed by atoms with Crippen molar-refractivity contribution in [3.8, 4) is 5.75 Å². The van der Waals surface area contributed by atoms with Gasteiger partial charge in [0, 0.05) is 12.1 Å². The van der Waals surface area contributed by atoms with E-state index in [0.29, 0.717) is 23.3 Å². The van der Waals surface area contributed by atoms with Gasteiger partial charge in [-0.1, -0.05) is 54.1 Å². The predicted octanol–water partition coefficient (Wildman–Crippen LogP) is 8.06. The van der Waals surface area contributed by atoms with Gasteiger partial charge in [-0.25, -0.2) is 21.6 Å². The maximum Gasteiger partial charge on any atom is 0.309 e. The molecule has 2 unspecified atom stereocenters. The number of carbonyl (C=O) groups excluding carboxylic acids is 2. The number of likely N-dealkylation sites (tertiary alicyclic amines) is 1. The first-order chi connectivity index (χ1) is 24.9. The fourth-order valence-electron chi connectivity index (χ4n) is 8.12. The van der Waals surface area contributed by atoms with E-state index >= 15 is 4.39 Å². The summed E-state index contributed by atoms with van der Waals surface area (Å²) in [7, 11) is -4.29. The smallest absolute Gasteiger partial charge is 0.309 e. The van der Waals surface area contributed by atoms with Crippen molar-refractivity contribution in [2.24, 2.45) is 5.92 Å². The van der Waals surface area contributed by atoms with Crippen molar-refractivity contribution in [1.82, 2.24) is 4.90 Å². The van der Waals surface area contributed by atoms with Crippen LogP contribution in [0.3, 0.4) is 0 Å². The maximum atomic E-state index is 16.7. The Kier molecular flexibility index (Phi) is 9.86. The van der Waals surface area contributed by atoms with E-state index in [9.17, 15) is 26.8 Å². The summed E-state index contributed by atoms with van der Waals surface area (Å²) in [4.78, 5) is 28.3. The number of nitrogens with zero attached hydrogens (tertiary/aromatic N) is 1. The number of sulfone groups is 1. The molecule has 1 saturated heterocycles. The zero-order valence-corrected chi connectivity index (χ0v) is 29.8. The number of fused-ring (bicyclic) bond motifs is 3. The van der Waals surface area contributed by atoms with Crippen LogP contribution in [0.25, 0.3) is 0 Å². The largest absolute Gasteiger partial charge is 0.489 e. The summed E-state index contributed by atoms with van der Waals surface area (Å²) in [5.74, 6) is -2.52. The van der Waals surface area contributed by atoms with Crippen molar-refractivity contribution in [3.05, 3.63) is 130 Å². The normalized spacial score (nSPS) is 24.1. The van der Waals surface area contributed by atoms with Gasteiger partial charge in [-0.2, -0.15) is 0 Å². The maximum absolute atomic E-state index is 16.7. The second-order valence-corrected chi connectivity index (χ2v) is 16.4. The van der Waals surface area contributed by atoms with Gasteiger partial charge >= 0.3 is 5.97 Å². The topological polar surface area (TPSA) is 90.0 Å². The first-order valence-electron chi connectivity index (χ1n) is 17.3. The molecule has 0 radical (unpaired) electrons. The van der Waals surface area contributed by atoms with Crippen molar-refractivity contribution in [2.75, 3.05) is 6.54 Å². The molecular weight excluding hydrogens is 715 g/mol. The third kappa shape index (κ3) is 6.46. The molecule has 4 aromatic carbocycles. The lowest BCUT2D eigenvalue weighted by Crippen LogP contribution is -2.56. The molecule has 1 amide bonds. The second kappa shape index (κ2) is 14.2. The Bertz CT molecular complexity index is 2070. The fraction of sp³-hybridized carbons (Fsp3) is 0.350. The molecule has 1 aliphatic heterocycles. The van der Waals surface area contributed by atoms with Gasteiger partial charge in [0.05, 0.1) is 21.9 Å². The highest BCUT2D eigenvalue weighted by molar-refractivity contribution is 7.92. The zero-order chi connectivity index (χ0) is 36.7. The number of hydrogen-bond acceptors (Lipinski definition) is 6. The molecule has 0 aromatic heterocycles. The van der Waals surface area contributed by atoms with Crippen molar-refractivity contribution >= 4 is 33.3 Å². The minimum absolute atomic E-state index is 0.00826. The summed E-state index contributed by atoms with van der Waals surface area (Å²) >= 11 is 6.18.